The van der Waals surface area contributed by atoms with Gasteiger partial charge < -0.3 is 0 Å². The minimum atomic E-state index is -0.712. The van der Waals surface area contributed by atoms with Gasteiger partial charge in [-0.15, -0.1) is 0 Å². The van der Waals surface area contributed by atoms with Gasteiger partial charge in [0.15, 0.2) is 5.78 Å². The molecule has 0 radical (unpaired) electrons. The number of halogens is 3. The Labute approximate surface area is 108 Å². The van der Waals surface area contributed by atoms with Gasteiger partial charge in [-0.25, -0.2) is 4.39 Å². The summed E-state index contributed by atoms with van der Waals surface area (Å²) in [5, 5.41) is 0.181. The summed E-state index contributed by atoms with van der Waals surface area (Å²) >= 11 is 11.5. The third-order valence-corrected chi connectivity index (χ3v) is 2.79. The van der Waals surface area contributed by atoms with Crippen LogP contribution in [0, 0.1) is 5.82 Å². The van der Waals surface area contributed by atoms with Crippen LogP contribution < -0.4 is 0 Å². The maximum atomic E-state index is 13.7. The zero-order valence-electron chi connectivity index (χ0n) is 8.58. The second-order valence-electron chi connectivity index (χ2n) is 3.44. The topological polar surface area (TPSA) is 17.1 Å². The van der Waals surface area contributed by atoms with Crippen LogP contribution in [0.1, 0.15) is 15.9 Å². The second kappa shape index (κ2) is 4.86. The van der Waals surface area contributed by atoms with Gasteiger partial charge in [0.1, 0.15) is 5.82 Å². The second-order valence-corrected chi connectivity index (χ2v) is 4.28. The lowest BCUT2D eigenvalue weighted by Gasteiger charge is -2.05. The molecule has 0 spiro atoms. The highest BCUT2D eigenvalue weighted by Crippen LogP contribution is 2.26. The van der Waals surface area contributed by atoms with E-state index >= 15 is 0 Å². The van der Waals surface area contributed by atoms with Crippen LogP contribution in [0.25, 0.3) is 0 Å². The van der Waals surface area contributed by atoms with Crippen LogP contribution in [-0.4, -0.2) is 5.78 Å². The summed E-state index contributed by atoms with van der Waals surface area (Å²) in [5.74, 6) is -1.17. The first-order chi connectivity index (χ1) is 8.09. The Morgan fingerprint density at radius 3 is 2.29 bits per heavy atom. The quantitative estimate of drug-likeness (QED) is 0.740. The largest absolute Gasteiger partial charge is 0.288 e. The average Bonchev–Trinajstić information content (AvgIpc) is 2.28. The number of carbonyl (C=O) groups excluding carboxylic acids is 1. The molecule has 0 fully saturated rings. The van der Waals surface area contributed by atoms with Crippen LogP contribution in [0.4, 0.5) is 4.39 Å². The Kier molecular flexibility index (Phi) is 3.46. The predicted octanol–water partition coefficient (Wildman–Crippen LogP) is 4.36. The minimum absolute atomic E-state index is 0.0175. The molecule has 0 aliphatic rings. The fourth-order valence-electron chi connectivity index (χ4n) is 1.49. The van der Waals surface area contributed by atoms with Gasteiger partial charge in [0.2, 0.25) is 0 Å². The van der Waals surface area contributed by atoms with E-state index in [4.69, 9.17) is 23.2 Å². The van der Waals surface area contributed by atoms with Crippen molar-refractivity contribution in [2.45, 2.75) is 0 Å². The molecule has 0 heterocycles. The molecular weight excluding hydrogens is 262 g/mol. The smallest absolute Gasteiger partial charge is 0.197 e. The summed E-state index contributed by atoms with van der Waals surface area (Å²) in [7, 11) is 0. The van der Waals surface area contributed by atoms with Crippen molar-refractivity contribution in [1.29, 1.82) is 0 Å². The average molecular weight is 269 g/mol. The van der Waals surface area contributed by atoms with Gasteiger partial charge in [0, 0.05) is 10.6 Å². The first-order valence-corrected chi connectivity index (χ1v) is 5.59. The Bertz CT molecular complexity index is 544. The summed E-state index contributed by atoms with van der Waals surface area (Å²) in [4.78, 5) is 12.0. The zero-order chi connectivity index (χ0) is 12.4. The lowest BCUT2D eigenvalue weighted by Crippen LogP contribution is -2.05. The number of ketones is 1. The molecule has 0 aliphatic heterocycles. The molecule has 0 saturated carbocycles. The fourth-order valence-corrected chi connectivity index (χ4v) is 2.05. The molecule has 1 nitrogen and oxygen atoms in total. The van der Waals surface area contributed by atoms with Gasteiger partial charge in [0.05, 0.1) is 10.6 Å². The van der Waals surface area contributed by atoms with E-state index in [0.717, 1.165) is 6.07 Å². The monoisotopic (exact) mass is 268 g/mol. The van der Waals surface area contributed by atoms with Crippen LogP contribution in [0.3, 0.4) is 0 Å². The van der Waals surface area contributed by atoms with Gasteiger partial charge in [-0.1, -0.05) is 53.5 Å². The van der Waals surface area contributed by atoms with E-state index in [2.05, 4.69) is 0 Å². The van der Waals surface area contributed by atoms with E-state index in [0.29, 0.717) is 5.56 Å². The van der Waals surface area contributed by atoms with Crippen LogP contribution in [-0.2, 0) is 0 Å². The van der Waals surface area contributed by atoms with Crippen molar-refractivity contribution >= 4 is 29.0 Å². The molecule has 2 aromatic rings. The molecule has 0 amide bonds. The Hall–Kier alpha value is -1.38. The van der Waals surface area contributed by atoms with E-state index in [-0.39, 0.29) is 15.6 Å². The maximum Gasteiger partial charge on any atom is 0.197 e. The SMILES string of the molecule is O=C(c1ccccc1)c1c(F)cc(Cl)cc1Cl. The van der Waals surface area contributed by atoms with Gasteiger partial charge in [-0.2, -0.15) is 0 Å². The Balaban J connectivity index is 2.52. The molecule has 0 bridgehead atoms. The molecule has 0 aliphatic carbocycles. The highest BCUT2D eigenvalue weighted by molar-refractivity contribution is 6.37. The molecule has 2 aromatic carbocycles. The van der Waals surface area contributed by atoms with Crippen molar-refractivity contribution in [1.82, 2.24) is 0 Å². The van der Waals surface area contributed by atoms with Crippen molar-refractivity contribution in [2.24, 2.45) is 0 Å². The van der Waals surface area contributed by atoms with E-state index in [1.54, 1.807) is 30.3 Å². The first-order valence-electron chi connectivity index (χ1n) is 4.84. The summed E-state index contributed by atoms with van der Waals surface area (Å²) in [5.41, 5.74) is 0.234. The number of benzene rings is 2. The molecule has 0 aromatic heterocycles. The predicted molar refractivity (Wildman–Crippen MR) is 66.3 cm³/mol. The van der Waals surface area contributed by atoms with Crippen molar-refractivity contribution in [3.63, 3.8) is 0 Å². The summed E-state index contributed by atoms with van der Waals surface area (Å²) in [6, 6.07) is 10.8. The maximum absolute atomic E-state index is 13.7. The van der Waals surface area contributed by atoms with Gasteiger partial charge in [-0.3, -0.25) is 4.79 Å². The number of hydrogen-bond donors (Lipinski definition) is 0. The molecular formula is C13H7Cl2FO. The first kappa shape index (κ1) is 12.1. The molecule has 86 valence electrons. The zero-order valence-corrected chi connectivity index (χ0v) is 10.1. The number of carbonyl (C=O) groups is 1. The molecule has 0 N–H and O–H groups in total. The standard InChI is InChI=1S/C13H7Cl2FO/c14-9-6-10(15)12(11(16)7-9)13(17)8-4-2-1-3-5-8/h1-7H. The van der Waals surface area contributed by atoms with Crippen LogP contribution >= 0.6 is 23.2 Å². The molecule has 0 saturated heterocycles. The highest BCUT2D eigenvalue weighted by atomic mass is 35.5. The summed E-state index contributed by atoms with van der Waals surface area (Å²) in [6.07, 6.45) is 0. The van der Waals surface area contributed by atoms with Crippen LogP contribution in [0.15, 0.2) is 42.5 Å². The van der Waals surface area contributed by atoms with Gasteiger partial charge in [-0.05, 0) is 12.1 Å². The number of rotatable bonds is 2. The molecule has 0 unspecified atom stereocenters. The number of hydrogen-bond acceptors (Lipinski definition) is 1. The Morgan fingerprint density at radius 1 is 1.06 bits per heavy atom. The van der Waals surface area contributed by atoms with E-state index in [1.165, 1.54) is 6.07 Å². The summed E-state index contributed by atoms with van der Waals surface area (Å²) in [6.45, 7) is 0. The van der Waals surface area contributed by atoms with Crippen molar-refractivity contribution < 1.29 is 9.18 Å². The van der Waals surface area contributed by atoms with Crippen molar-refractivity contribution in [2.75, 3.05) is 0 Å². The van der Waals surface area contributed by atoms with E-state index in [1.807, 2.05) is 0 Å². The summed E-state index contributed by atoms with van der Waals surface area (Å²) < 4.78 is 13.7. The third kappa shape index (κ3) is 2.48. The third-order valence-electron chi connectivity index (χ3n) is 2.27. The van der Waals surface area contributed by atoms with Crippen LogP contribution in [0.5, 0.6) is 0 Å². The fraction of sp³-hybridized carbons (Fsp3) is 0. The molecule has 2 rings (SSSR count). The van der Waals surface area contributed by atoms with Crippen molar-refractivity contribution in [3.8, 4) is 0 Å². The van der Waals surface area contributed by atoms with Gasteiger partial charge in [0.25, 0.3) is 0 Å². The lowest BCUT2D eigenvalue weighted by atomic mass is 10.0. The minimum Gasteiger partial charge on any atom is -0.288 e. The lowest BCUT2D eigenvalue weighted by molar-refractivity contribution is 0.103. The van der Waals surface area contributed by atoms with Crippen LogP contribution in [0.2, 0.25) is 10.0 Å². The highest BCUT2D eigenvalue weighted by Gasteiger charge is 2.18. The molecule has 17 heavy (non-hydrogen) atoms. The van der Waals surface area contributed by atoms with E-state index < -0.39 is 11.6 Å². The van der Waals surface area contributed by atoms with Gasteiger partial charge >= 0.3 is 0 Å². The Morgan fingerprint density at radius 2 is 1.71 bits per heavy atom. The molecule has 4 heteroatoms. The normalized spacial score (nSPS) is 10.3. The van der Waals surface area contributed by atoms with Crippen molar-refractivity contribution in [3.05, 3.63) is 69.5 Å². The molecule has 0 atom stereocenters. The van der Waals surface area contributed by atoms with E-state index in [9.17, 15) is 9.18 Å².